The fourth-order valence-corrected chi connectivity index (χ4v) is 1.26. The molecule has 0 fully saturated rings. The molecule has 0 saturated carbocycles. The first-order chi connectivity index (χ1) is 6.77. The number of hydrogen-bond donors (Lipinski definition) is 1. The molecule has 0 amide bonds. The number of rotatable bonds is 3. The van der Waals surface area contributed by atoms with Crippen molar-refractivity contribution in [3.63, 3.8) is 0 Å². The third kappa shape index (κ3) is 2.69. The molecule has 0 radical (unpaired) electrons. The van der Waals surface area contributed by atoms with E-state index in [1.165, 1.54) is 23.8 Å². The molecule has 1 aromatic rings. The van der Waals surface area contributed by atoms with Crippen LogP contribution in [0.2, 0.25) is 0 Å². The molecule has 0 aliphatic carbocycles. The first kappa shape index (κ1) is 10.4. The Labute approximate surface area is 84.4 Å². The van der Waals surface area contributed by atoms with E-state index in [1.807, 2.05) is 6.07 Å². The van der Waals surface area contributed by atoms with Gasteiger partial charge in [0.25, 0.3) is 0 Å². The highest BCUT2D eigenvalue weighted by molar-refractivity contribution is 5.72. The average molecular weight is 189 g/mol. The summed E-state index contributed by atoms with van der Waals surface area (Å²) in [7, 11) is 0. The van der Waals surface area contributed by atoms with Gasteiger partial charge in [-0.25, -0.2) is 9.98 Å². The van der Waals surface area contributed by atoms with E-state index >= 15 is 0 Å². The van der Waals surface area contributed by atoms with Crippen LogP contribution < -0.4 is 5.73 Å². The lowest BCUT2D eigenvalue weighted by Crippen LogP contribution is -1.87. The van der Waals surface area contributed by atoms with E-state index in [-0.39, 0.29) is 0 Å². The van der Waals surface area contributed by atoms with Crippen LogP contribution in [0.15, 0.2) is 28.2 Å². The molecule has 0 aliphatic rings. The zero-order valence-electron chi connectivity index (χ0n) is 8.57. The fraction of sp³-hybridized carbons (Fsp3) is 0.273. The van der Waals surface area contributed by atoms with E-state index in [2.05, 4.69) is 36.0 Å². The third-order valence-electron chi connectivity index (χ3n) is 2.07. The smallest absolute Gasteiger partial charge is 0.117 e. The van der Waals surface area contributed by atoms with Gasteiger partial charge in [-0.1, -0.05) is 13.0 Å². The molecule has 3 heteroatoms. The molecule has 0 spiro atoms. The molecular formula is C11H15N3. The van der Waals surface area contributed by atoms with Gasteiger partial charge < -0.3 is 5.73 Å². The van der Waals surface area contributed by atoms with E-state index in [4.69, 9.17) is 5.73 Å². The van der Waals surface area contributed by atoms with Gasteiger partial charge in [0.2, 0.25) is 0 Å². The summed E-state index contributed by atoms with van der Waals surface area (Å²) in [5.74, 6) is 0. The van der Waals surface area contributed by atoms with E-state index in [9.17, 15) is 0 Å². The SMILES string of the molecule is CCc1cc(N=CN=CN)ccc1C. The molecule has 1 rings (SSSR count). The van der Waals surface area contributed by atoms with Gasteiger partial charge in [-0.2, -0.15) is 0 Å². The van der Waals surface area contributed by atoms with Gasteiger partial charge in [0.15, 0.2) is 0 Å². The normalized spacial score (nSPS) is 11.6. The zero-order valence-corrected chi connectivity index (χ0v) is 8.57. The third-order valence-corrected chi connectivity index (χ3v) is 2.07. The van der Waals surface area contributed by atoms with Gasteiger partial charge in [0, 0.05) is 0 Å². The van der Waals surface area contributed by atoms with Gasteiger partial charge in [0.05, 0.1) is 12.0 Å². The van der Waals surface area contributed by atoms with Gasteiger partial charge in [-0.05, 0) is 36.6 Å². The van der Waals surface area contributed by atoms with Crippen molar-refractivity contribution >= 4 is 18.4 Å². The minimum atomic E-state index is 0.915. The zero-order chi connectivity index (χ0) is 10.4. The first-order valence-electron chi connectivity index (χ1n) is 4.63. The van der Waals surface area contributed by atoms with E-state index < -0.39 is 0 Å². The molecule has 0 atom stereocenters. The Morgan fingerprint density at radius 1 is 1.43 bits per heavy atom. The van der Waals surface area contributed by atoms with Gasteiger partial charge in [-0.15, -0.1) is 0 Å². The van der Waals surface area contributed by atoms with Crippen LogP contribution in [-0.2, 0) is 6.42 Å². The quantitative estimate of drug-likeness (QED) is 0.575. The molecule has 0 aromatic heterocycles. The van der Waals surface area contributed by atoms with Crippen LogP contribution in [0.3, 0.4) is 0 Å². The van der Waals surface area contributed by atoms with Crippen LogP contribution in [0, 0.1) is 6.92 Å². The number of hydrogen-bond acceptors (Lipinski definition) is 1. The number of aliphatic imine (C=N–C) groups is 2. The second-order valence-electron chi connectivity index (χ2n) is 3.01. The minimum absolute atomic E-state index is 0.915. The van der Waals surface area contributed by atoms with Gasteiger partial charge in [0.1, 0.15) is 6.34 Å². The Kier molecular flexibility index (Phi) is 3.85. The van der Waals surface area contributed by atoms with Crippen LogP contribution in [-0.4, -0.2) is 12.7 Å². The van der Waals surface area contributed by atoms with Crippen molar-refractivity contribution in [1.29, 1.82) is 0 Å². The van der Waals surface area contributed by atoms with Crippen molar-refractivity contribution < 1.29 is 0 Å². The molecular weight excluding hydrogens is 174 g/mol. The molecule has 3 nitrogen and oxygen atoms in total. The highest BCUT2D eigenvalue weighted by Gasteiger charge is 1.96. The Bertz CT molecular complexity index is 354. The summed E-state index contributed by atoms with van der Waals surface area (Å²) in [6.45, 7) is 4.23. The maximum Gasteiger partial charge on any atom is 0.117 e. The van der Waals surface area contributed by atoms with Crippen LogP contribution >= 0.6 is 0 Å². The van der Waals surface area contributed by atoms with Crippen LogP contribution in [0.25, 0.3) is 0 Å². The molecule has 14 heavy (non-hydrogen) atoms. The van der Waals surface area contributed by atoms with E-state index in [1.54, 1.807) is 0 Å². The molecule has 2 N–H and O–H groups in total. The molecule has 0 bridgehead atoms. The van der Waals surface area contributed by atoms with Crippen LogP contribution in [0.1, 0.15) is 18.1 Å². The summed E-state index contributed by atoms with van der Waals surface area (Å²) < 4.78 is 0. The predicted molar refractivity (Wildman–Crippen MR) is 61.4 cm³/mol. The highest BCUT2D eigenvalue weighted by Crippen LogP contribution is 2.17. The molecule has 0 aliphatic heterocycles. The van der Waals surface area contributed by atoms with Crippen molar-refractivity contribution in [2.24, 2.45) is 15.7 Å². The largest absolute Gasteiger partial charge is 0.390 e. The van der Waals surface area contributed by atoms with Crippen LogP contribution in [0.4, 0.5) is 5.69 Å². The summed E-state index contributed by atoms with van der Waals surface area (Å²) in [5.41, 5.74) is 8.62. The maximum atomic E-state index is 5.09. The van der Waals surface area contributed by atoms with E-state index in [0.29, 0.717) is 0 Å². The van der Waals surface area contributed by atoms with Crippen molar-refractivity contribution in [1.82, 2.24) is 0 Å². The van der Waals surface area contributed by atoms with Gasteiger partial charge in [-0.3, -0.25) is 0 Å². The lowest BCUT2D eigenvalue weighted by atomic mass is 10.1. The molecule has 1 aromatic carbocycles. The molecule has 74 valence electrons. The second kappa shape index (κ2) is 5.17. The lowest BCUT2D eigenvalue weighted by molar-refractivity contribution is 1.11. The number of benzene rings is 1. The topological polar surface area (TPSA) is 50.7 Å². The number of aryl methyl sites for hydroxylation is 2. The fourth-order valence-electron chi connectivity index (χ4n) is 1.26. The lowest BCUT2D eigenvalue weighted by Gasteiger charge is -2.02. The van der Waals surface area contributed by atoms with Crippen LogP contribution in [0.5, 0.6) is 0 Å². The number of nitrogens with two attached hydrogens (primary N) is 1. The van der Waals surface area contributed by atoms with E-state index in [0.717, 1.165) is 12.1 Å². The predicted octanol–water partition coefficient (Wildman–Crippen LogP) is 2.20. The average Bonchev–Trinajstić information content (AvgIpc) is 2.21. The Morgan fingerprint density at radius 3 is 2.86 bits per heavy atom. The summed E-state index contributed by atoms with van der Waals surface area (Å²) in [4.78, 5) is 7.85. The summed E-state index contributed by atoms with van der Waals surface area (Å²) in [6.07, 6.45) is 3.69. The Hall–Kier alpha value is -1.64. The molecule has 0 saturated heterocycles. The molecule has 0 unspecified atom stereocenters. The Balaban J connectivity index is 2.89. The second-order valence-corrected chi connectivity index (χ2v) is 3.01. The highest BCUT2D eigenvalue weighted by atomic mass is 14.9. The summed E-state index contributed by atoms with van der Waals surface area (Å²) >= 11 is 0. The monoisotopic (exact) mass is 189 g/mol. The minimum Gasteiger partial charge on any atom is -0.390 e. The standard InChI is InChI=1S/C11H15N3/c1-3-10-6-11(5-4-9(10)2)14-8-13-7-12/h4-8H,3H2,1-2H3,(H2,12,13,14). The first-order valence-corrected chi connectivity index (χ1v) is 4.63. The van der Waals surface area contributed by atoms with Gasteiger partial charge >= 0.3 is 0 Å². The summed E-state index contributed by atoms with van der Waals surface area (Å²) in [5, 5.41) is 0. The van der Waals surface area contributed by atoms with Crippen molar-refractivity contribution in [2.45, 2.75) is 20.3 Å². The van der Waals surface area contributed by atoms with Crippen molar-refractivity contribution in [3.8, 4) is 0 Å². The maximum absolute atomic E-state index is 5.09. The Morgan fingerprint density at radius 2 is 2.21 bits per heavy atom. The summed E-state index contributed by atoms with van der Waals surface area (Å²) in [6, 6.07) is 6.10. The molecule has 0 heterocycles. The number of nitrogens with zero attached hydrogens (tertiary/aromatic N) is 2. The van der Waals surface area contributed by atoms with Crippen molar-refractivity contribution in [3.05, 3.63) is 29.3 Å². The van der Waals surface area contributed by atoms with Crippen molar-refractivity contribution in [2.75, 3.05) is 0 Å².